The number of esters is 1. The van der Waals surface area contributed by atoms with Gasteiger partial charge >= 0.3 is 5.97 Å². The summed E-state index contributed by atoms with van der Waals surface area (Å²) in [6.45, 7) is 0.203. The maximum absolute atomic E-state index is 12.0. The number of benzene rings is 3. The van der Waals surface area contributed by atoms with Gasteiger partial charge in [0, 0.05) is 5.69 Å². The molecule has 7 nitrogen and oxygen atoms in total. The van der Waals surface area contributed by atoms with Gasteiger partial charge in [0.25, 0.3) is 5.91 Å². The number of hydrogen-bond acceptors (Lipinski definition) is 6. The molecule has 3 rings (SSSR count). The Balaban J connectivity index is 1.34. The van der Waals surface area contributed by atoms with E-state index < -0.39 is 11.9 Å². The predicted octanol–water partition coefficient (Wildman–Crippen LogP) is 4.23. The fourth-order valence-corrected chi connectivity index (χ4v) is 2.77. The van der Waals surface area contributed by atoms with Gasteiger partial charge in [-0.3, -0.25) is 9.59 Å². The Hall–Kier alpha value is -4.00. The number of rotatable bonds is 11. The Bertz CT molecular complexity index is 1000. The van der Waals surface area contributed by atoms with Crippen LogP contribution in [0.4, 0.5) is 5.69 Å². The maximum atomic E-state index is 12.0. The van der Waals surface area contributed by atoms with Gasteiger partial charge in [0.2, 0.25) is 0 Å². The largest absolute Gasteiger partial charge is 0.493 e. The van der Waals surface area contributed by atoms with E-state index in [4.69, 9.17) is 18.9 Å². The van der Waals surface area contributed by atoms with Gasteiger partial charge in [0.1, 0.15) is 12.4 Å². The van der Waals surface area contributed by atoms with Crippen LogP contribution >= 0.6 is 0 Å². The minimum absolute atomic E-state index is 0.0127. The molecule has 1 amide bonds. The van der Waals surface area contributed by atoms with Crippen molar-refractivity contribution >= 4 is 17.6 Å². The minimum Gasteiger partial charge on any atom is -0.493 e. The highest BCUT2D eigenvalue weighted by atomic mass is 16.5. The Labute approximate surface area is 186 Å². The van der Waals surface area contributed by atoms with Crippen molar-refractivity contribution in [2.75, 3.05) is 25.6 Å². The maximum Gasteiger partial charge on any atom is 0.309 e. The van der Waals surface area contributed by atoms with Crippen LogP contribution in [0.5, 0.6) is 17.2 Å². The lowest BCUT2D eigenvalue weighted by atomic mass is 10.2. The molecule has 3 aromatic carbocycles. The van der Waals surface area contributed by atoms with E-state index in [0.717, 1.165) is 5.56 Å². The van der Waals surface area contributed by atoms with E-state index in [1.54, 1.807) is 43.5 Å². The van der Waals surface area contributed by atoms with Crippen LogP contribution in [-0.4, -0.2) is 32.2 Å². The molecule has 166 valence electrons. The molecule has 0 aliphatic carbocycles. The third-order valence-electron chi connectivity index (χ3n) is 4.38. The molecule has 0 radical (unpaired) electrons. The monoisotopic (exact) mass is 435 g/mol. The molecule has 0 saturated carbocycles. The molecule has 1 N–H and O–H groups in total. The molecule has 3 aromatic rings. The van der Waals surface area contributed by atoms with Crippen molar-refractivity contribution in [2.24, 2.45) is 0 Å². The van der Waals surface area contributed by atoms with Crippen LogP contribution in [0.3, 0.4) is 0 Å². The lowest BCUT2D eigenvalue weighted by Crippen LogP contribution is -2.21. The Morgan fingerprint density at radius 3 is 2.22 bits per heavy atom. The van der Waals surface area contributed by atoms with Gasteiger partial charge in [-0.15, -0.1) is 0 Å². The molecule has 0 aromatic heterocycles. The normalized spacial score (nSPS) is 10.2. The number of ether oxygens (including phenoxy) is 4. The van der Waals surface area contributed by atoms with E-state index in [0.29, 0.717) is 29.5 Å². The summed E-state index contributed by atoms with van der Waals surface area (Å²) in [5.41, 5.74) is 1.65. The summed E-state index contributed by atoms with van der Waals surface area (Å²) in [7, 11) is 1.54. The molecule has 0 bridgehead atoms. The van der Waals surface area contributed by atoms with Gasteiger partial charge in [-0.2, -0.15) is 0 Å². The van der Waals surface area contributed by atoms with Crippen LogP contribution < -0.4 is 19.5 Å². The van der Waals surface area contributed by atoms with Gasteiger partial charge in [0.05, 0.1) is 20.1 Å². The number of carbonyl (C=O) groups is 2. The van der Waals surface area contributed by atoms with Crippen LogP contribution in [0.2, 0.25) is 0 Å². The number of hydrogen-bond donors (Lipinski definition) is 1. The first-order chi connectivity index (χ1) is 15.6. The highest BCUT2D eigenvalue weighted by Gasteiger charge is 2.10. The number of amides is 1. The number of nitrogens with one attached hydrogen (secondary N) is 1. The molecule has 0 heterocycles. The van der Waals surface area contributed by atoms with Crippen LogP contribution in [0.25, 0.3) is 0 Å². The first-order valence-electron chi connectivity index (χ1n) is 10.1. The van der Waals surface area contributed by atoms with Crippen LogP contribution in [0.15, 0.2) is 78.9 Å². The molecule has 7 heteroatoms. The second-order valence-electron chi connectivity index (χ2n) is 6.76. The second kappa shape index (κ2) is 12.0. The van der Waals surface area contributed by atoms with Crippen molar-refractivity contribution in [1.29, 1.82) is 0 Å². The fourth-order valence-electron chi connectivity index (χ4n) is 2.77. The van der Waals surface area contributed by atoms with Gasteiger partial charge in [0.15, 0.2) is 18.1 Å². The number of anilines is 1. The molecule has 0 fully saturated rings. The van der Waals surface area contributed by atoms with E-state index in [1.807, 2.05) is 42.5 Å². The zero-order valence-electron chi connectivity index (χ0n) is 17.8. The van der Waals surface area contributed by atoms with E-state index >= 15 is 0 Å². The SMILES string of the molecule is COc1ccccc1OCCC(=O)OCC(=O)Nc1ccc(OCc2ccccc2)cc1. The van der Waals surface area contributed by atoms with Crippen molar-refractivity contribution in [3.05, 3.63) is 84.4 Å². The zero-order chi connectivity index (χ0) is 22.6. The van der Waals surface area contributed by atoms with E-state index in [2.05, 4.69) is 5.32 Å². The molecule has 0 aliphatic heterocycles. The number of methoxy groups -OCH3 is 1. The summed E-state index contributed by atoms with van der Waals surface area (Å²) in [5.74, 6) is 0.850. The summed E-state index contributed by atoms with van der Waals surface area (Å²) >= 11 is 0. The van der Waals surface area contributed by atoms with Crippen molar-refractivity contribution in [3.63, 3.8) is 0 Å². The third kappa shape index (κ3) is 7.36. The Morgan fingerprint density at radius 1 is 0.812 bits per heavy atom. The average molecular weight is 435 g/mol. The highest BCUT2D eigenvalue weighted by molar-refractivity contribution is 5.92. The molecule has 0 unspecified atom stereocenters. The number of para-hydroxylation sites is 2. The average Bonchev–Trinajstić information content (AvgIpc) is 2.83. The summed E-state index contributed by atoms with van der Waals surface area (Å²) in [5, 5.41) is 2.68. The summed E-state index contributed by atoms with van der Waals surface area (Å²) in [4.78, 5) is 23.9. The molecule has 0 spiro atoms. The third-order valence-corrected chi connectivity index (χ3v) is 4.38. The lowest BCUT2D eigenvalue weighted by molar-refractivity contribution is -0.147. The van der Waals surface area contributed by atoms with Crippen molar-refractivity contribution in [2.45, 2.75) is 13.0 Å². The summed E-state index contributed by atoms with van der Waals surface area (Å²) in [6.07, 6.45) is 0.0127. The van der Waals surface area contributed by atoms with Gasteiger partial charge < -0.3 is 24.3 Å². The molecule has 0 atom stereocenters. The molecule has 0 saturated heterocycles. The van der Waals surface area contributed by atoms with E-state index in [-0.39, 0.29) is 19.6 Å². The molecular formula is C25H25NO6. The van der Waals surface area contributed by atoms with Crippen LogP contribution in [0, 0.1) is 0 Å². The highest BCUT2D eigenvalue weighted by Crippen LogP contribution is 2.25. The smallest absolute Gasteiger partial charge is 0.309 e. The van der Waals surface area contributed by atoms with Crippen LogP contribution in [0.1, 0.15) is 12.0 Å². The zero-order valence-corrected chi connectivity index (χ0v) is 17.8. The minimum atomic E-state index is -0.528. The van der Waals surface area contributed by atoms with Crippen molar-refractivity contribution in [3.8, 4) is 17.2 Å². The van der Waals surface area contributed by atoms with Gasteiger partial charge in [-0.05, 0) is 42.0 Å². The van der Waals surface area contributed by atoms with Crippen molar-refractivity contribution in [1.82, 2.24) is 0 Å². The standard InChI is InChI=1S/C25H25NO6/c1-29-22-9-5-6-10-23(22)30-16-15-25(28)32-18-24(27)26-20-11-13-21(14-12-20)31-17-19-7-3-2-4-8-19/h2-14H,15-18H2,1H3,(H,26,27). The Morgan fingerprint density at radius 2 is 1.50 bits per heavy atom. The lowest BCUT2D eigenvalue weighted by Gasteiger charge is -2.10. The molecule has 32 heavy (non-hydrogen) atoms. The second-order valence-corrected chi connectivity index (χ2v) is 6.76. The van der Waals surface area contributed by atoms with Crippen molar-refractivity contribution < 1.29 is 28.5 Å². The van der Waals surface area contributed by atoms with Gasteiger partial charge in [-0.1, -0.05) is 42.5 Å². The molecule has 0 aliphatic rings. The summed E-state index contributed by atoms with van der Waals surface area (Å²) in [6, 6.07) is 24.0. The quantitative estimate of drug-likeness (QED) is 0.454. The first-order valence-corrected chi connectivity index (χ1v) is 10.1. The fraction of sp³-hybridized carbons (Fsp3) is 0.200. The van der Waals surface area contributed by atoms with Crippen LogP contribution in [-0.2, 0) is 20.9 Å². The first kappa shape index (κ1) is 22.7. The Kier molecular flexibility index (Phi) is 8.50. The summed E-state index contributed by atoms with van der Waals surface area (Å²) < 4.78 is 21.4. The van der Waals surface area contributed by atoms with E-state index in [1.165, 1.54) is 0 Å². The van der Waals surface area contributed by atoms with E-state index in [9.17, 15) is 9.59 Å². The topological polar surface area (TPSA) is 83.1 Å². The predicted molar refractivity (Wildman–Crippen MR) is 120 cm³/mol. The number of carbonyl (C=O) groups excluding carboxylic acids is 2. The van der Waals surface area contributed by atoms with Gasteiger partial charge in [-0.25, -0.2) is 0 Å². The molecular weight excluding hydrogens is 410 g/mol.